The molecule has 0 rings (SSSR count). The zero-order valence-corrected chi connectivity index (χ0v) is 40.4. The largest absolute Gasteiger partial charge is 0.477 e. The topological polar surface area (TPSA) is 99.1 Å². The van der Waals surface area contributed by atoms with E-state index >= 15 is 0 Å². The Hall–Kier alpha value is -2.71. The van der Waals surface area contributed by atoms with Gasteiger partial charge in [-0.15, -0.1) is 0 Å². The SMILES string of the molecule is CC/C=C/C/C=C/C/C=C/CCCCCCC(=O)OC(COCCC(C(=O)O)[N+](C)(C)C)COC(=O)CCCCCCCCC/C=C/CCCCCCCCCCCCCC. The van der Waals surface area contributed by atoms with Crippen molar-refractivity contribution in [2.24, 2.45) is 0 Å². The van der Waals surface area contributed by atoms with Gasteiger partial charge >= 0.3 is 17.9 Å². The summed E-state index contributed by atoms with van der Waals surface area (Å²) in [6.07, 6.45) is 53.1. The number of carbonyl (C=O) groups is 3. The highest BCUT2D eigenvalue weighted by Gasteiger charge is 2.31. The fourth-order valence-electron chi connectivity index (χ4n) is 7.34. The van der Waals surface area contributed by atoms with E-state index in [0.29, 0.717) is 19.3 Å². The minimum Gasteiger partial charge on any atom is -0.477 e. The van der Waals surface area contributed by atoms with Crippen LogP contribution in [0.25, 0.3) is 0 Å². The molecule has 0 aliphatic carbocycles. The van der Waals surface area contributed by atoms with Crippen LogP contribution in [0.2, 0.25) is 0 Å². The Bertz CT molecular complexity index is 1140. The third-order valence-corrected chi connectivity index (χ3v) is 11.2. The molecule has 0 aliphatic heterocycles. The molecule has 0 aromatic rings. The fourth-order valence-corrected chi connectivity index (χ4v) is 7.34. The van der Waals surface area contributed by atoms with Crippen LogP contribution in [-0.4, -0.2) is 80.6 Å². The van der Waals surface area contributed by atoms with E-state index < -0.39 is 18.1 Å². The number of quaternary nitrogens is 1. The molecule has 61 heavy (non-hydrogen) atoms. The van der Waals surface area contributed by atoms with E-state index in [1.807, 2.05) is 21.1 Å². The van der Waals surface area contributed by atoms with Gasteiger partial charge in [0.2, 0.25) is 0 Å². The monoisotopic (exact) mass is 859 g/mol. The standard InChI is InChI=1S/C53H95NO7/c1-6-8-10-12-14-16-18-20-22-23-24-25-26-27-28-29-30-32-33-35-37-39-41-43-51(55)60-48-49(47-59-46-45-50(53(57)58)54(3,4)5)61-52(56)44-42-40-38-36-34-31-21-19-17-15-13-11-9-7-2/h9,11,15,17,21,27-28,31,49-50H,6-8,10,12-14,16,18-20,22-26,29-30,32-48H2,1-5H3/p+1/b11-9+,17-15+,28-27+,31-21+. The van der Waals surface area contributed by atoms with Crippen molar-refractivity contribution in [3.63, 3.8) is 0 Å². The maximum Gasteiger partial charge on any atom is 0.362 e. The number of ether oxygens (including phenoxy) is 3. The maximum atomic E-state index is 12.7. The van der Waals surface area contributed by atoms with Crippen molar-refractivity contribution in [3.8, 4) is 0 Å². The van der Waals surface area contributed by atoms with Crippen LogP contribution >= 0.6 is 0 Å². The molecule has 0 spiro atoms. The average molecular weight is 859 g/mol. The van der Waals surface area contributed by atoms with Crippen molar-refractivity contribution in [1.29, 1.82) is 0 Å². The van der Waals surface area contributed by atoms with E-state index in [4.69, 9.17) is 14.2 Å². The number of rotatable bonds is 45. The third kappa shape index (κ3) is 42.4. The molecule has 1 N–H and O–H groups in total. The molecule has 0 amide bonds. The lowest BCUT2D eigenvalue weighted by atomic mass is 10.0. The lowest BCUT2D eigenvalue weighted by molar-refractivity contribution is -0.887. The Morgan fingerprint density at radius 3 is 1.38 bits per heavy atom. The zero-order chi connectivity index (χ0) is 44.9. The minimum atomic E-state index is -0.879. The Labute approximate surface area is 376 Å². The summed E-state index contributed by atoms with van der Waals surface area (Å²) >= 11 is 0. The van der Waals surface area contributed by atoms with Gasteiger partial charge in [-0.05, 0) is 70.6 Å². The number of allylic oxidation sites excluding steroid dienone is 8. The lowest BCUT2D eigenvalue weighted by Gasteiger charge is -2.31. The number of esters is 2. The molecule has 0 radical (unpaired) electrons. The zero-order valence-electron chi connectivity index (χ0n) is 40.4. The summed E-state index contributed by atoms with van der Waals surface area (Å²) in [4.78, 5) is 37.1. The number of unbranched alkanes of at least 4 members (excludes halogenated alkanes) is 23. The molecule has 0 fully saturated rings. The molecule has 8 nitrogen and oxygen atoms in total. The Kier molecular flexibility index (Phi) is 42.0. The Morgan fingerprint density at radius 1 is 0.508 bits per heavy atom. The van der Waals surface area contributed by atoms with E-state index in [1.54, 1.807) is 0 Å². The molecule has 2 atom stereocenters. The number of hydrogen-bond acceptors (Lipinski definition) is 6. The van der Waals surface area contributed by atoms with Gasteiger partial charge in [0.15, 0.2) is 12.1 Å². The van der Waals surface area contributed by atoms with Crippen LogP contribution in [0.3, 0.4) is 0 Å². The van der Waals surface area contributed by atoms with Crippen molar-refractivity contribution in [2.75, 3.05) is 41.0 Å². The molecule has 0 heterocycles. The number of nitrogens with zero attached hydrogens (tertiary/aromatic N) is 1. The second-order valence-corrected chi connectivity index (χ2v) is 18.0. The first kappa shape index (κ1) is 58.3. The summed E-state index contributed by atoms with van der Waals surface area (Å²) in [5.74, 6) is -1.50. The molecule has 0 bridgehead atoms. The van der Waals surface area contributed by atoms with Gasteiger partial charge in [0, 0.05) is 19.3 Å². The quantitative estimate of drug-likeness (QED) is 0.0282. The van der Waals surface area contributed by atoms with Gasteiger partial charge in [-0.2, -0.15) is 0 Å². The predicted molar refractivity (Wildman–Crippen MR) is 257 cm³/mol. The number of carboxylic acid groups (broad SMARTS) is 1. The first-order chi connectivity index (χ1) is 29.6. The van der Waals surface area contributed by atoms with Gasteiger partial charge in [0.1, 0.15) is 6.61 Å². The number of aliphatic carboxylic acids is 1. The van der Waals surface area contributed by atoms with Crippen LogP contribution in [0.4, 0.5) is 0 Å². The minimum absolute atomic E-state index is 0.0503. The van der Waals surface area contributed by atoms with E-state index in [2.05, 4.69) is 62.5 Å². The summed E-state index contributed by atoms with van der Waals surface area (Å²) in [7, 11) is 5.52. The molecule has 0 saturated heterocycles. The van der Waals surface area contributed by atoms with E-state index in [9.17, 15) is 19.5 Å². The van der Waals surface area contributed by atoms with Crippen LogP contribution in [-0.2, 0) is 28.6 Å². The fraction of sp³-hybridized carbons (Fsp3) is 0.792. The van der Waals surface area contributed by atoms with Crippen LogP contribution < -0.4 is 0 Å². The van der Waals surface area contributed by atoms with Crippen molar-refractivity contribution in [1.82, 2.24) is 0 Å². The first-order valence-electron chi connectivity index (χ1n) is 25.2. The summed E-state index contributed by atoms with van der Waals surface area (Å²) in [5.41, 5.74) is 0. The normalized spacial score (nSPS) is 13.3. The second kappa shape index (κ2) is 43.9. The number of likely N-dealkylation sites (N-methyl/N-ethyl adjacent to an activating group) is 1. The molecule has 2 unspecified atom stereocenters. The van der Waals surface area contributed by atoms with Gasteiger partial charge in [-0.25, -0.2) is 4.79 Å². The third-order valence-electron chi connectivity index (χ3n) is 11.2. The molecule has 0 aromatic heterocycles. The molecule has 0 aromatic carbocycles. The Balaban J connectivity index is 4.22. The van der Waals surface area contributed by atoms with Crippen molar-refractivity contribution >= 4 is 17.9 Å². The molecular formula is C53H96NO7+. The van der Waals surface area contributed by atoms with E-state index in [0.717, 1.165) is 70.6 Å². The molecule has 354 valence electrons. The van der Waals surface area contributed by atoms with Crippen LogP contribution in [0.15, 0.2) is 48.6 Å². The van der Waals surface area contributed by atoms with Gasteiger partial charge in [-0.1, -0.05) is 178 Å². The summed E-state index contributed by atoms with van der Waals surface area (Å²) in [6, 6.07) is -0.620. The van der Waals surface area contributed by atoms with Crippen LogP contribution in [0, 0.1) is 0 Å². The second-order valence-electron chi connectivity index (χ2n) is 18.0. The van der Waals surface area contributed by atoms with Gasteiger partial charge in [-0.3, -0.25) is 9.59 Å². The van der Waals surface area contributed by atoms with Gasteiger partial charge in [0.05, 0.1) is 34.4 Å². The number of hydrogen-bond donors (Lipinski definition) is 1. The van der Waals surface area contributed by atoms with Crippen LogP contribution in [0.1, 0.15) is 219 Å². The number of carbonyl (C=O) groups excluding carboxylic acids is 2. The van der Waals surface area contributed by atoms with Crippen molar-refractivity contribution in [3.05, 3.63) is 48.6 Å². The lowest BCUT2D eigenvalue weighted by Crippen LogP contribution is -2.50. The van der Waals surface area contributed by atoms with E-state index in [1.165, 1.54) is 116 Å². The van der Waals surface area contributed by atoms with Gasteiger partial charge < -0.3 is 23.8 Å². The maximum absolute atomic E-state index is 12.7. The van der Waals surface area contributed by atoms with E-state index in [-0.39, 0.29) is 36.2 Å². The highest BCUT2D eigenvalue weighted by molar-refractivity contribution is 5.72. The van der Waals surface area contributed by atoms with Crippen molar-refractivity contribution < 1.29 is 38.2 Å². The average Bonchev–Trinajstić information content (AvgIpc) is 3.22. The summed E-state index contributed by atoms with van der Waals surface area (Å²) in [5, 5.41) is 9.64. The smallest absolute Gasteiger partial charge is 0.362 e. The first-order valence-corrected chi connectivity index (χ1v) is 25.2. The predicted octanol–water partition coefficient (Wildman–Crippen LogP) is 14.4. The Morgan fingerprint density at radius 2 is 0.918 bits per heavy atom. The highest BCUT2D eigenvalue weighted by atomic mass is 16.6. The molecular weight excluding hydrogens is 763 g/mol. The summed E-state index contributed by atoms with van der Waals surface area (Å²) < 4.78 is 17.3. The highest BCUT2D eigenvalue weighted by Crippen LogP contribution is 2.15. The molecule has 0 saturated carbocycles. The summed E-state index contributed by atoms with van der Waals surface area (Å²) in [6.45, 7) is 4.61. The van der Waals surface area contributed by atoms with Crippen LogP contribution in [0.5, 0.6) is 0 Å². The number of carboxylic acids is 1. The van der Waals surface area contributed by atoms with Gasteiger partial charge in [0.25, 0.3) is 0 Å². The molecule has 8 heteroatoms. The van der Waals surface area contributed by atoms with Crippen molar-refractivity contribution in [2.45, 2.75) is 231 Å². The molecule has 0 aliphatic rings.